The Hall–Kier alpha value is -6.20. The molecule has 0 radical (unpaired) electrons. The van der Waals surface area contributed by atoms with Crippen LogP contribution in [0.2, 0.25) is 0 Å². The van der Waals surface area contributed by atoms with Gasteiger partial charge in [-0.05, 0) is 96.1 Å². The second-order valence-corrected chi connectivity index (χ2v) is 15.2. The number of anilines is 6. The van der Waals surface area contributed by atoms with Crippen LogP contribution < -0.4 is 9.80 Å². The van der Waals surface area contributed by atoms with E-state index in [1.54, 1.807) is 0 Å². The van der Waals surface area contributed by atoms with Crippen LogP contribution in [-0.4, -0.2) is 0 Å². The standard InChI is InChI=1S/C48H32N2S2/c1-3-11-35(12-4-1)49(39-27-29-43-41-15-7-9-17-45(41)51-47(43)31-39)37-23-19-33(20-24-37)34-21-25-38(26-22-34)50(36-13-5-2-6-14-36)40-28-30-44-42-16-8-10-18-46(42)52-48(44)32-40/h1-32H. The molecular formula is C48H32N2S2. The molecular weight excluding hydrogens is 669 g/mol. The number of thiophene rings is 2. The van der Waals surface area contributed by atoms with Gasteiger partial charge in [0.2, 0.25) is 0 Å². The average molecular weight is 701 g/mol. The number of rotatable bonds is 7. The summed E-state index contributed by atoms with van der Waals surface area (Å²) in [7, 11) is 0. The lowest BCUT2D eigenvalue weighted by atomic mass is 10.0. The lowest BCUT2D eigenvalue weighted by Crippen LogP contribution is -2.09. The van der Waals surface area contributed by atoms with Crippen LogP contribution in [-0.2, 0) is 0 Å². The fourth-order valence-electron chi connectivity index (χ4n) is 7.36. The zero-order valence-corrected chi connectivity index (χ0v) is 29.8. The van der Waals surface area contributed by atoms with Crippen molar-refractivity contribution in [2.45, 2.75) is 0 Å². The van der Waals surface area contributed by atoms with Gasteiger partial charge in [-0.25, -0.2) is 0 Å². The van der Waals surface area contributed by atoms with Gasteiger partial charge < -0.3 is 9.80 Å². The summed E-state index contributed by atoms with van der Waals surface area (Å²) in [6.07, 6.45) is 0. The molecule has 2 aromatic heterocycles. The molecule has 0 spiro atoms. The summed E-state index contributed by atoms with van der Waals surface area (Å²) in [6.45, 7) is 0. The van der Waals surface area contributed by atoms with E-state index in [9.17, 15) is 0 Å². The molecule has 0 aliphatic rings. The van der Waals surface area contributed by atoms with Crippen LogP contribution in [0.25, 0.3) is 51.5 Å². The van der Waals surface area contributed by atoms with Crippen LogP contribution in [0, 0.1) is 0 Å². The molecule has 2 nitrogen and oxygen atoms in total. The molecule has 8 aromatic carbocycles. The lowest BCUT2D eigenvalue weighted by molar-refractivity contribution is 1.29. The Kier molecular flexibility index (Phi) is 7.56. The van der Waals surface area contributed by atoms with Crippen molar-refractivity contribution >= 4 is 97.1 Å². The van der Waals surface area contributed by atoms with E-state index < -0.39 is 0 Å². The number of fused-ring (bicyclic) bond motifs is 6. The van der Waals surface area contributed by atoms with Crippen LogP contribution in [0.5, 0.6) is 0 Å². The highest BCUT2D eigenvalue weighted by molar-refractivity contribution is 7.26. The molecule has 0 atom stereocenters. The third-order valence-electron chi connectivity index (χ3n) is 9.85. The normalized spacial score (nSPS) is 11.5. The summed E-state index contributed by atoms with van der Waals surface area (Å²) < 4.78 is 5.23. The Morgan fingerprint density at radius 1 is 0.250 bits per heavy atom. The Morgan fingerprint density at radius 3 is 1.00 bits per heavy atom. The van der Waals surface area contributed by atoms with Crippen molar-refractivity contribution in [3.63, 3.8) is 0 Å². The Morgan fingerprint density at radius 2 is 0.577 bits per heavy atom. The number of hydrogen-bond acceptors (Lipinski definition) is 4. The Bertz CT molecular complexity index is 2640. The third-order valence-corrected chi connectivity index (χ3v) is 12.1. The van der Waals surface area contributed by atoms with Gasteiger partial charge in [0.1, 0.15) is 0 Å². The first-order valence-corrected chi connectivity index (χ1v) is 19.1. The number of para-hydroxylation sites is 2. The van der Waals surface area contributed by atoms with Gasteiger partial charge >= 0.3 is 0 Å². The van der Waals surface area contributed by atoms with E-state index in [4.69, 9.17) is 0 Å². The zero-order chi connectivity index (χ0) is 34.4. The molecule has 0 fully saturated rings. The molecule has 0 N–H and O–H groups in total. The minimum absolute atomic E-state index is 1.12. The van der Waals surface area contributed by atoms with Gasteiger partial charge in [0.25, 0.3) is 0 Å². The van der Waals surface area contributed by atoms with E-state index in [0.29, 0.717) is 0 Å². The fourth-order valence-corrected chi connectivity index (χ4v) is 9.64. The molecule has 0 saturated heterocycles. The topological polar surface area (TPSA) is 6.48 Å². The summed E-state index contributed by atoms with van der Waals surface area (Å²) in [5.74, 6) is 0. The van der Waals surface area contributed by atoms with Crippen LogP contribution in [0.1, 0.15) is 0 Å². The molecule has 4 heteroatoms. The molecule has 246 valence electrons. The van der Waals surface area contributed by atoms with E-state index in [2.05, 4.69) is 204 Å². The zero-order valence-electron chi connectivity index (χ0n) is 28.2. The van der Waals surface area contributed by atoms with E-state index >= 15 is 0 Å². The first-order valence-electron chi connectivity index (χ1n) is 17.5. The number of benzene rings is 8. The molecule has 0 saturated carbocycles. The molecule has 0 aliphatic carbocycles. The van der Waals surface area contributed by atoms with E-state index in [1.807, 2.05) is 22.7 Å². The smallest absolute Gasteiger partial charge is 0.0476 e. The summed E-state index contributed by atoms with van der Waals surface area (Å²) >= 11 is 3.71. The van der Waals surface area contributed by atoms with Gasteiger partial charge in [0.05, 0.1) is 0 Å². The number of nitrogens with zero attached hydrogens (tertiary/aromatic N) is 2. The van der Waals surface area contributed by atoms with Crippen molar-refractivity contribution in [1.29, 1.82) is 0 Å². The monoisotopic (exact) mass is 700 g/mol. The highest BCUT2D eigenvalue weighted by atomic mass is 32.1. The minimum Gasteiger partial charge on any atom is -0.310 e. The highest BCUT2D eigenvalue weighted by Gasteiger charge is 2.17. The maximum absolute atomic E-state index is 2.35. The van der Waals surface area contributed by atoms with Gasteiger partial charge in [-0.3, -0.25) is 0 Å². The SMILES string of the molecule is c1ccc(N(c2ccc(-c3ccc(N(c4ccccc4)c4ccc5c(c4)sc4ccccc45)cc3)cc2)c2ccc3c(c2)sc2ccccc23)cc1. The Balaban J connectivity index is 0.989. The van der Waals surface area contributed by atoms with Crippen molar-refractivity contribution in [1.82, 2.24) is 0 Å². The maximum atomic E-state index is 2.35. The molecule has 0 unspecified atom stereocenters. The Labute approximate surface area is 310 Å². The summed E-state index contributed by atoms with van der Waals surface area (Å²) in [4.78, 5) is 4.70. The predicted octanol–water partition coefficient (Wildman–Crippen LogP) is 15.0. The van der Waals surface area contributed by atoms with E-state index in [0.717, 1.165) is 34.1 Å². The average Bonchev–Trinajstić information content (AvgIpc) is 3.77. The van der Waals surface area contributed by atoms with E-state index in [-0.39, 0.29) is 0 Å². The molecule has 10 aromatic rings. The fraction of sp³-hybridized carbons (Fsp3) is 0. The van der Waals surface area contributed by atoms with Gasteiger partial charge in [-0.2, -0.15) is 0 Å². The lowest BCUT2D eigenvalue weighted by Gasteiger charge is -2.26. The van der Waals surface area contributed by atoms with E-state index in [1.165, 1.54) is 51.5 Å². The van der Waals surface area contributed by atoms with Gasteiger partial charge in [-0.15, -0.1) is 22.7 Å². The minimum atomic E-state index is 1.12. The molecule has 0 aliphatic heterocycles. The van der Waals surface area contributed by atoms with Gasteiger partial charge in [0, 0.05) is 74.5 Å². The molecule has 10 rings (SSSR count). The van der Waals surface area contributed by atoms with Crippen LogP contribution in [0.3, 0.4) is 0 Å². The van der Waals surface area contributed by atoms with Crippen molar-refractivity contribution in [3.05, 3.63) is 194 Å². The van der Waals surface area contributed by atoms with Crippen LogP contribution >= 0.6 is 22.7 Å². The van der Waals surface area contributed by atoms with Gasteiger partial charge in [0.15, 0.2) is 0 Å². The van der Waals surface area contributed by atoms with Crippen LogP contribution in [0.4, 0.5) is 34.1 Å². The van der Waals surface area contributed by atoms with Crippen molar-refractivity contribution in [3.8, 4) is 11.1 Å². The van der Waals surface area contributed by atoms with Crippen molar-refractivity contribution < 1.29 is 0 Å². The highest BCUT2D eigenvalue weighted by Crippen LogP contribution is 2.43. The van der Waals surface area contributed by atoms with Gasteiger partial charge in [-0.1, -0.05) is 109 Å². The van der Waals surface area contributed by atoms with Crippen molar-refractivity contribution in [2.75, 3.05) is 9.80 Å². The molecule has 2 heterocycles. The first-order chi connectivity index (χ1) is 25.8. The second-order valence-electron chi connectivity index (χ2n) is 13.0. The molecule has 0 bridgehead atoms. The number of hydrogen-bond donors (Lipinski definition) is 0. The van der Waals surface area contributed by atoms with Crippen molar-refractivity contribution in [2.24, 2.45) is 0 Å². The second kappa shape index (κ2) is 12.8. The molecule has 52 heavy (non-hydrogen) atoms. The van der Waals surface area contributed by atoms with Crippen LogP contribution in [0.15, 0.2) is 194 Å². The summed E-state index contributed by atoms with van der Waals surface area (Å²) in [6, 6.07) is 70.3. The third kappa shape index (κ3) is 5.41. The summed E-state index contributed by atoms with van der Waals surface area (Å²) in [5, 5.41) is 5.25. The largest absolute Gasteiger partial charge is 0.310 e. The summed E-state index contributed by atoms with van der Waals surface area (Å²) in [5.41, 5.74) is 9.18. The molecule has 0 amide bonds. The first kappa shape index (κ1) is 30.6. The maximum Gasteiger partial charge on any atom is 0.0476 e. The predicted molar refractivity (Wildman–Crippen MR) is 227 cm³/mol. The quantitative estimate of drug-likeness (QED) is 0.163.